The van der Waals surface area contributed by atoms with Crippen molar-refractivity contribution in [3.8, 4) is 11.5 Å². The molecular formula is C21H18ClNO3. The van der Waals surface area contributed by atoms with Gasteiger partial charge in [0.25, 0.3) is 0 Å². The number of halogens is 1. The van der Waals surface area contributed by atoms with Gasteiger partial charge in [0.1, 0.15) is 11.5 Å². The summed E-state index contributed by atoms with van der Waals surface area (Å²) in [5, 5.41) is 0.643. The highest BCUT2D eigenvalue weighted by atomic mass is 35.5. The number of carbonyl (C=O) groups excluding carboxylic acids is 2. The third-order valence-corrected chi connectivity index (χ3v) is 5.22. The topological polar surface area (TPSA) is 46.6 Å². The van der Waals surface area contributed by atoms with Gasteiger partial charge in [-0.3, -0.25) is 14.5 Å². The van der Waals surface area contributed by atoms with Gasteiger partial charge in [-0.1, -0.05) is 23.3 Å². The minimum Gasteiger partial charge on any atom is -0.457 e. The zero-order valence-corrected chi connectivity index (χ0v) is 15.1. The number of carbonyl (C=O) groups is 2. The van der Waals surface area contributed by atoms with Crippen LogP contribution in [0.4, 0.5) is 5.69 Å². The highest BCUT2D eigenvalue weighted by Crippen LogP contribution is 2.40. The largest absolute Gasteiger partial charge is 0.457 e. The van der Waals surface area contributed by atoms with Gasteiger partial charge in [-0.15, -0.1) is 0 Å². The number of nitrogens with zero attached hydrogens (tertiary/aromatic N) is 1. The van der Waals surface area contributed by atoms with Gasteiger partial charge in [-0.2, -0.15) is 0 Å². The molecule has 0 spiro atoms. The summed E-state index contributed by atoms with van der Waals surface area (Å²) < 4.78 is 5.76. The fourth-order valence-corrected chi connectivity index (χ4v) is 3.72. The SMILES string of the molecule is CC1=CC[C@H]2C(=O)N(c3ccc(Oc4ccc(Cl)cc4)cc3)C(=O)[C@H]2C1. The van der Waals surface area contributed by atoms with Gasteiger partial charge in [-0.05, 0) is 68.3 Å². The molecule has 1 fully saturated rings. The Kier molecular flexibility index (Phi) is 4.29. The van der Waals surface area contributed by atoms with Crippen molar-refractivity contribution in [1.82, 2.24) is 0 Å². The van der Waals surface area contributed by atoms with Gasteiger partial charge in [0.15, 0.2) is 0 Å². The average Bonchev–Trinajstić information content (AvgIpc) is 2.88. The smallest absolute Gasteiger partial charge is 0.238 e. The van der Waals surface area contributed by atoms with Crippen molar-refractivity contribution in [3.05, 3.63) is 65.2 Å². The quantitative estimate of drug-likeness (QED) is 0.568. The summed E-state index contributed by atoms with van der Waals surface area (Å²) in [5.74, 6) is 0.649. The zero-order chi connectivity index (χ0) is 18.3. The maximum atomic E-state index is 12.7. The van der Waals surface area contributed by atoms with Crippen LogP contribution < -0.4 is 9.64 Å². The predicted molar refractivity (Wildman–Crippen MR) is 100 cm³/mol. The van der Waals surface area contributed by atoms with Crippen molar-refractivity contribution in [3.63, 3.8) is 0 Å². The molecule has 2 aliphatic rings. The van der Waals surface area contributed by atoms with Crippen LogP contribution in [0.3, 0.4) is 0 Å². The van der Waals surface area contributed by atoms with Crippen LogP contribution in [-0.2, 0) is 9.59 Å². The second kappa shape index (κ2) is 6.61. The van der Waals surface area contributed by atoms with Crippen LogP contribution in [-0.4, -0.2) is 11.8 Å². The van der Waals surface area contributed by atoms with E-state index in [-0.39, 0.29) is 23.7 Å². The van der Waals surface area contributed by atoms with E-state index >= 15 is 0 Å². The van der Waals surface area contributed by atoms with E-state index in [0.29, 0.717) is 35.1 Å². The summed E-state index contributed by atoms with van der Waals surface area (Å²) in [4.78, 5) is 26.8. The van der Waals surface area contributed by atoms with E-state index in [1.807, 2.05) is 6.92 Å². The van der Waals surface area contributed by atoms with Gasteiger partial charge in [-0.25, -0.2) is 0 Å². The van der Waals surface area contributed by atoms with Crippen LogP contribution in [0, 0.1) is 11.8 Å². The van der Waals surface area contributed by atoms with Crippen LogP contribution in [0.1, 0.15) is 19.8 Å². The van der Waals surface area contributed by atoms with Crippen LogP contribution in [0.5, 0.6) is 11.5 Å². The standard InChI is InChI=1S/C21H18ClNO3/c1-13-2-11-18-19(12-13)21(25)23(20(18)24)15-5-9-17(10-6-15)26-16-7-3-14(22)4-8-16/h2-10,18-19H,11-12H2,1H3/t18-,19+/m1/s1. The van der Waals surface area contributed by atoms with Gasteiger partial charge >= 0.3 is 0 Å². The van der Waals surface area contributed by atoms with Crippen molar-refractivity contribution >= 4 is 29.1 Å². The van der Waals surface area contributed by atoms with E-state index < -0.39 is 0 Å². The molecule has 2 aromatic rings. The molecule has 1 saturated heterocycles. The molecule has 1 aliphatic carbocycles. The predicted octanol–water partition coefficient (Wildman–Crippen LogP) is 4.98. The lowest BCUT2D eigenvalue weighted by Crippen LogP contribution is -2.30. The molecule has 26 heavy (non-hydrogen) atoms. The number of hydrogen-bond donors (Lipinski definition) is 0. The number of hydrogen-bond acceptors (Lipinski definition) is 3. The van der Waals surface area contributed by atoms with Crippen molar-refractivity contribution in [1.29, 1.82) is 0 Å². The van der Waals surface area contributed by atoms with Gasteiger partial charge in [0.05, 0.1) is 17.5 Å². The number of allylic oxidation sites excluding steroid dienone is 2. The Morgan fingerprint density at radius 2 is 1.50 bits per heavy atom. The molecule has 0 saturated carbocycles. The molecule has 1 aliphatic heterocycles. The zero-order valence-electron chi connectivity index (χ0n) is 14.3. The number of imide groups is 1. The summed E-state index contributed by atoms with van der Waals surface area (Å²) in [6, 6.07) is 14.1. The second-order valence-electron chi connectivity index (χ2n) is 6.77. The Morgan fingerprint density at radius 1 is 0.923 bits per heavy atom. The van der Waals surface area contributed by atoms with Crippen molar-refractivity contribution in [2.45, 2.75) is 19.8 Å². The lowest BCUT2D eigenvalue weighted by atomic mass is 9.82. The molecule has 0 N–H and O–H groups in total. The van der Waals surface area contributed by atoms with E-state index in [1.54, 1.807) is 48.5 Å². The minimum atomic E-state index is -0.226. The van der Waals surface area contributed by atoms with E-state index in [1.165, 1.54) is 10.5 Å². The number of anilines is 1. The molecule has 2 amide bonds. The summed E-state index contributed by atoms with van der Waals surface area (Å²) in [7, 11) is 0. The lowest BCUT2D eigenvalue weighted by Gasteiger charge is -2.18. The van der Waals surface area contributed by atoms with E-state index in [0.717, 1.165) is 0 Å². The van der Waals surface area contributed by atoms with Crippen LogP contribution in [0.25, 0.3) is 0 Å². The Labute approximate surface area is 157 Å². The number of benzene rings is 2. The van der Waals surface area contributed by atoms with Crippen LogP contribution in [0.15, 0.2) is 60.2 Å². The third kappa shape index (κ3) is 3.01. The normalized spacial score (nSPS) is 22.2. The minimum absolute atomic E-state index is 0.0983. The number of ether oxygens (including phenoxy) is 1. The molecule has 2 aromatic carbocycles. The van der Waals surface area contributed by atoms with Crippen molar-refractivity contribution < 1.29 is 14.3 Å². The number of amides is 2. The van der Waals surface area contributed by atoms with E-state index in [4.69, 9.17) is 16.3 Å². The summed E-state index contributed by atoms with van der Waals surface area (Å²) in [6.45, 7) is 2.01. The average molecular weight is 368 g/mol. The Morgan fingerprint density at radius 3 is 2.15 bits per heavy atom. The summed E-state index contributed by atoms with van der Waals surface area (Å²) >= 11 is 5.87. The molecule has 5 heteroatoms. The molecule has 2 atom stereocenters. The first kappa shape index (κ1) is 16.9. The number of rotatable bonds is 3. The first-order valence-electron chi connectivity index (χ1n) is 8.60. The Bertz CT molecular complexity index is 886. The molecule has 0 aromatic heterocycles. The van der Waals surface area contributed by atoms with E-state index in [2.05, 4.69) is 6.08 Å². The fraction of sp³-hybridized carbons (Fsp3) is 0.238. The maximum absolute atomic E-state index is 12.7. The molecule has 4 nitrogen and oxygen atoms in total. The van der Waals surface area contributed by atoms with Crippen molar-refractivity contribution in [2.75, 3.05) is 4.90 Å². The first-order chi connectivity index (χ1) is 12.5. The third-order valence-electron chi connectivity index (χ3n) is 4.97. The van der Waals surface area contributed by atoms with Gasteiger partial charge in [0, 0.05) is 5.02 Å². The number of fused-ring (bicyclic) bond motifs is 1. The molecule has 1 heterocycles. The lowest BCUT2D eigenvalue weighted by molar-refractivity contribution is -0.122. The maximum Gasteiger partial charge on any atom is 0.238 e. The highest BCUT2D eigenvalue weighted by Gasteiger charge is 2.48. The Hall–Kier alpha value is -2.59. The molecule has 0 unspecified atom stereocenters. The summed E-state index contributed by atoms with van der Waals surface area (Å²) in [5.41, 5.74) is 1.77. The van der Waals surface area contributed by atoms with Gasteiger partial charge in [0.2, 0.25) is 11.8 Å². The van der Waals surface area contributed by atoms with Gasteiger partial charge < -0.3 is 4.74 Å². The van der Waals surface area contributed by atoms with Crippen LogP contribution in [0.2, 0.25) is 5.02 Å². The molecule has 0 bridgehead atoms. The first-order valence-corrected chi connectivity index (χ1v) is 8.97. The molecule has 132 valence electrons. The van der Waals surface area contributed by atoms with E-state index in [9.17, 15) is 9.59 Å². The van der Waals surface area contributed by atoms with Crippen molar-refractivity contribution in [2.24, 2.45) is 11.8 Å². The Balaban J connectivity index is 1.53. The molecule has 4 rings (SSSR count). The summed E-state index contributed by atoms with van der Waals surface area (Å²) in [6.07, 6.45) is 3.39. The second-order valence-corrected chi connectivity index (χ2v) is 7.20. The monoisotopic (exact) mass is 367 g/mol. The fourth-order valence-electron chi connectivity index (χ4n) is 3.59. The highest BCUT2D eigenvalue weighted by molar-refractivity contribution is 6.30. The molecule has 0 radical (unpaired) electrons. The molecular weight excluding hydrogens is 350 g/mol. The van der Waals surface area contributed by atoms with Crippen LogP contribution >= 0.6 is 11.6 Å².